The molecule has 0 atom stereocenters. The summed E-state index contributed by atoms with van der Waals surface area (Å²) in [7, 11) is 1.39. The molecule has 7 heteroatoms. The molecule has 0 fully saturated rings. The summed E-state index contributed by atoms with van der Waals surface area (Å²) in [6, 6.07) is 4.72. The third-order valence-corrected chi connectivity index (χ3v) is 2.60. The Kier molecular flexibility index (Phi) is 5.02. The van der Waals surface area contributed by atoms with Crippen molar-refractivity contribution in [1.29, 1.82) is 5.26 Å². The zero-order valence-corrected chi connectivity index (χ0v) is 10.6. The fourth-order valence-corrected chi connectivity index (χ4v) is 1.62. The highest BCUT2D eigenvalue weighted by Gasteiger charge is 2.16. The van der Waals surface area contributed by atoms with Crippen LogP contribution in [-0.4, -0.2) is 29.6 Å². The summed E-state index contributed by atoms with van der Waals surface area (Å²) in [5.41, 5.74) is 0.195. The Labute approximate surface area is 108 Å². The summed E-state index contributed by atoms with van der Waals surface area (Å²) in [6.45, 7) is 0. The molecule has 0 aliphatic heterocycles. The lowest BCUT2D eigenvalue weighted by Crippen LogP contribution is -2.13. The molecule has 1 rings (SSSR count). The van der Waals surface area contributed by atoms with Gasteiger partial charge in [-0.2, -0.15) is 5.26 Å². The van der Waals surface area contributed by atoms with Crippen molar-refractivity contribution in [3.63, 3.8) is 0 Å². The number of nitrogens with zero attached hydrogens (tertiary/aromatic N) is 2. The summed E-state index contributed by atoms with van der Waals surface area (Å²) in [5.74, 6) is -0.912. The highest BCUT2D eigenvalue weighted by molar-refractivity contribution is 8.13. The largest absolute Gasteiger partial charge is 0.496 e. The minimum absolute atomic E-state index is 0.0358. The number of rotatable bonds is 3. The van der Waals surface area contributed by atoms with E-state index in [1.54, 1.807) is 30.6 Å². The van der Waals surface area contributed by atoms with Gasteiger partial charge < -0.3 is 9.84 Å². The van der Waals surface area contributed by atoms with E-state index in [1.807, 2.05) is 0 Å². The van der Waals surface area contributed by atoms with Crippen molar-refractivity contribution < 1.29 is 14.6 Å². The van der Waals surface area contributed by atoms with Crippen molar-refractivity contribution in [2.24, 2.45) is 4.99 Å². The van der Waals surface area contributed by atoms with E-state index in [-0.39, 0.29) is 17.0 Å². The number of thioether (sulfide) groups is 1. The standard InChI is InChI=1S/C11H11N3O3S/c1-17-8-5-3-4-7(9(8)10(15)16)14-11(18-2)13-6-12/h3-5H,1-2H3,(H,13,14)(H,15,16). The van der Waals surface area contributed by atoms with Crippen LogP contribution >= 0.6 is 11.8 Å². The van der Waals surface area contributed by atoms with Crippen LogP contribution in [0.15, 0.2) is 23.2 Å². The third kappa shape index (κ3) is 3.15. The highest BCUT2D eigenvalue weighted by atomic mass is 32.2. The first kappa shape index (κ1) is 13.9. The summed E-state index contributed by atoms with van der Waals surface area (Å²) in [6.07, 6.45) is 3.46. The molecule has 1 aromatic rings. The van der Waals surface area contributed by atoms with Gasteiger partial charge in [0.05, 0.1) is 12.8 Å². The van der Waals surface area contributed by atoms with Crippen LogP contribution < -0.4 is 10.1 Å². The van der Waals surface area contributed by atoms with Crippen molar-refractivity contribution in [2.45, 2.75) is 0 Å². The molecule has 0 aliphatic carbocycles. The van der Waals surface area contributed by atoms with E-state index in [1.165, 1.54) is 18.9 Å². The van der Waals surface area contributed by atoms with Gasteiger partial charge in [0.2, 0.25) is 0 Å². The SMILES string of the molecule is COc1cccc(N=C(NC#N)SC)c1C(=O)O. The molecular formula is C11H11N3O3S. The van der Waals surface area contributed by atoms with Crippen LogP contribution in [0.4, 0.5) is 5.69 Å². The van der Waals surface area contributed by atoms with Gasteiger partial charge in [0, 0.05) is 0 Å². The zero-order valence-electron chi connectivity index (χ0n) is 9.80. The van der Waals surface area contributed by atoms with Crippen molar-refractivity contribution >= 4 is 28.6 Å². The lowest BCUT2D eigenvalue weighted by atomic mass is 10.1. The Morgan fingerprint density at radius 3 is 2.83 bits per heavy atom. The van der Waals surface area contributed by atoms with Crippen molar-refractivity contribution in [2.75, 3.05) is 13.4 Å². The predicted octanol–water partition coefficient (Wildman–Crippen LogP) is 1.81. The Bertz CT molecular complexity index is 523. The van der Waals surface area contributed by atoms with Crippen molar-refractivity contribution in [3.8, 4) is 11.9 Å². The molecule has 0 heterocycles. The maximum absolute atomic E-state index is 11.2. The fourth-order valence-electron chi connectivity index (χ4n) is 1.28. The van der Waals surface area contributed by atoms with E-state index in [4.69, 9.17) is 15.1 Å². The van der Waals surface area contributed by atoms with Crippen LogP contribution in [0.1, 0.15) is 10.4 Å². The van der Waals surface area contributed by atoms with Gasteiger partial charge in [-0.15, -0.1) is 0 Å². The van der Waals surface area contributed by atoms with E-state index in [0.717, 1.165) is 0 Å². The number of hydrogen-bond acceptors (Lipinski definition) is 5. The Hall–Kier alpha value is -2.20. The molecule has 0 saturated heterocycles. The maximum Gasteiger partial charge on any atom is 0.341 e. The van der Waals surface area contributed by atoms with Gasteiger partial charge in [-0.3, -0.25) is 5.32 Å². The number of carboxylic acids is 1. The molecule has 94 valence electrons. The summed E-state index contributed by atoms with van der Waals surface area (Å²) >= 11 is 1.21. The molecule has 0 bridgehead atoms. The minimum Gasteiger partial charge on any atom is -0.496 e. The van der Waals surface area contributed by atoms with Gasteiger partial charge in [-0.25, -0.2) is 9.79 Å². The van der Waals surface area contributed by atoms with Gasteiger partial charge in [-0.1, -0.05) is 17.8 Å². The lowest BCUT2D eigenvalue weighted by molar-refractivity contribution is 0.0694. The average Bonchev–Trinajstić information content (AvgIpc) is 2.37. The van der Waals surface area contributed by atoms with E-state index >= 15 is 0 Å². The molecular weight excluding hydrogens is 254 g/mol. The number of amidine groups is 1. The normalized spacial score (nSPS) is 10.6. The number of methoxy groups -OCH3 is 1. The van der Waals surface area contributed by atoms with Crippen LogP contribution in [0.3, 0.4) is 0 Å². The second kappa shape index (κ2) is 6.51. The van der Waals surface area contributed by atoms with E-state index < -0.39 is 5.97 Å². The Morgan fingerprint density at radius 1 is 1.61 bits per heavy atom. The first-order chi connectivity index (χ1) is 8.63. The van der Waals surface area contributed by atoms with Crippen LogP contribution in [-0.2, 0) is 0 Å². The lowest BCUT2D eigenvalue weighted by Gasteiger charge is -2.08. The second-order valence-electron chi connectivity index (χ2n) is 3.02. The molecule has 0 radical (unpaired) electrons. The number of carbonyl (C=O) groups is 1. The summed E-state index contributed by atoms with van der Waals surface area (Å²) < 4.78 is 4.98. The number of aromatic carboxylic acids is 1. The second-order valence-corrected chi connectivity index (χ2v) is 3.81. The van der Waals surface area contributed by atoms with Crippen LogP contribution in [0, 0.1) is 11.5 Å². The third-order valence-electron chi connectivity index (χ3n) is 2.02. The van der Waals surface area contributed by atoms with Crippen molar-refractivity contribution in [3.05, 3.63) is 23.8 Å². The highest BCUT2D eigenvalue weighted by Crippen LogP contribution is 2.29. The Morgan fingerprint density at radius 2 is 2.33 bits per heavy atom. The number of nitriles is 1. The first-order valence-corrected chi connectivity index (χ1v) is 6.04. The zero-order chi connectivity index (χ0) is 13.5. The van der Waals surface area contributed by atoms with Crippen LogP contribution in [0.25, 0.3) is 0 Å². The fraction of sp³-hybridized carbons (Fsp3) is 0.182. The van der Waals surface area contributed by atoms with Crippen LogP contribution in [0.5, 0.6) is 5.75 Å². The smallest absolute Gasteiger partial charge is 0.341 e. The molecule has 0 unspecified atom stereocenters. The van der Waals surface area contributed by atoms with E-state index in [2.05, 4.69) is 10.3 Å². The quantitative estimate of drug-likeness (QED) is 0.374. The number of carboxylic acid groups (broad SMARTS) is 1. The number of nitrogens with one attached hydrogen (secondary N) is 1. The summed E-state index contributed by atoms with van der Waals surface area (Å²) in [4.78, 5) is 15.3. The molecule has 0 aromatic heterocycles. The van der Waals surface area contributed by atoms with Gasteiger partial charge in [0.1, 0.15) is 11.3 Å². The van der Waals surface area contributed by atoms with Gasteiger partial charge in [0.25, 0.3) is 0 Å². The molecule has 0 saturated carbocycles. The van der Waals surface area contributed by atoms with Crippen molar-refractivity contribution in [1.82, 2.24) is 5.32 Å². The average molecular weight is 265 g/mol. The predicted molar refractivity (Wildman–Crippen MR) is 69.3 cm³/mol. The van der Waals surface area contributed by atoms with E-state index in [0.29, 0.717) is 5.17 Å². The number of benzene rings is 1. The number of hydrogen-bond donors (Lipinski definition) is 2. The molecule has 0 amide bonds. The maximum atomic E-state index is 11.2. The molecule has 6 nitrogen and oxygen atoms in total. The number of aliphatic imine (C=N–C) groups is 1. The van der Waals surface area contributed by atoms with Gasteiger partial charge in [0.15, 0.2) is 11.4 Å². The minimum atomic E-state index is -1.14. The Balaban J connectivity index is 3.32. The topological polar surface area (TPSA) is 94.7 Å². The van der Waals surface area contributed by atoms with Crippen LogP contribution in [0.2, 0.25) is 0 Å². The molecule has 0 aliphatic rings. The summed E-state index contributed by atoms with van der Waals surface area (Å²) in [5, 5.41) is 20.4. The number of ether oxygens (including phenoxy) is 1. The first-order valence-electron chi connectivity index (χ1n) is 4.82. The monoisotopic (exact) mass is 265 g/mol. The molecule has 1 aromatic carbocycles. The van der Waals surface area contributed by atoms with Gasteiger partial charge >= 0.3 is 5.97 Å². The molecule has 18 heavy (non-hydrogen) atoms. The van der Waals surface area contributed by atoms with E-state index in [9.17, 15) is 4.79 Å². The molecule has 2 N–H and O–H groups in total. The van der Waals surface area contributed by atoms with Gasteiger partial charge in [-0.05, 0) is 18.4 Å². The molecule has 0 spiro atoms.